The van der Waals surface area contributed by atoms with E-state index in [1.165, 1.54) is 0 Å². The van der Waals surface area contributed by atoms with E-state index in [2.05, 4.69) is 41.2 Å². The number of benzene rings is 1. The molecule has 1 aromatic rings. The number of likely N-dealkylation sites (N-methyl/N-ethyl adjacent to an activating group) is 1. The topological polar surface area (TPSA) is 58.4 Å². The highest BCUT2D eigenvalue weighted by molar-refractivity contribution is 9.10. The zero-order chi connectivity index (χ0) is 13.7. The molecule has 0 saturated carbocycles. The predicted molar refractivity (Wildman–Crippen MR) is 78.6 cm³/mol. The van der Waals surface area contributed by atoms with Crippen LogP contribution in [0.3, 0.4) is 0 Å². The van der Waals surface area contributed by atoms with Crippen molar-refractivity contribution in [1.29, 1.82) is 0 Å². The van der Waals surface area contributed by atoms with Crippen LogP contribution in [0, 0.1) is 0 Å². The van der Waals surface area contributed by atoms with E-state index in [0.717, 1.165) is 22.3 Å². The molecule has 18 heavy (non-hydrogen) atoms. The number of halogens is 1. The van der Waals surface area contributed by atoms with Crippen LogP contribution in [0.1, 0.15) is 19.4 Å². The van der Waals surface area contributed by atoms with E-state index < -0.39 is 0 Å². The molecule has 0 aliphatic heterocycles. The summed E-state index contributed by atoms with van der Waals surface area (Å²) in [5, 5.41) is 3.37. The van der Waals surface area contributed by atoms with E-state index in [-0.39, 0.29) is 12.5 Å². The van der Waals surface area contributed by atoms with Crippen molar-refractivity contribution in [1.82, 2.24) is 5.32 Å². The molecule has 0 radical (unpaired) electrons. The van der Waals surface area contributed by atoms with Gasteiger partial charge in [-0.3, -0.25) is 4.79 Å². The lowest BCUT2D eigenvalue weighted by Crippen LogP contribution is -2.32. The number of anilines is 1. The van der Waals surface area contributed by atoms with Crippen LogP contribution in [0.5, 0.6) is 0 Å². The lowest BCUT2D eigenvalue weighted by atomic mass is 10.1. The molecule has 0 spiro atoms. The van der Waals surface area contributed by atoms with Crippen molar-refractivity contribution < 1.29 is 4.79 Å². The minimum absolute atomic E-state index is 0.219. The second kappa shape index (κ2) is 6.75. The van der Waals surface area contributed by atoms with Crippen LogP contribution in [0.2, 0.25) is 0 Å². The highest BCUT2D eigenvalue weighted by atomic mass is 79.9. The third-order valence-corrected chi connectivity index (χ3v) is 3.04. The van der Waals surface area contributed by atoms with Gasteiger partial charge in [-0.25, -0.2) is 0 Å². The maximum absolute atomic E-state index is 11.0. The minimum Gasteiger partial charge on any atom is -0.368 e. The quantitative estimate of drug-likeness (QED) is 0.843. The second-order valence-corrected chi connectivity index (χ2v) is 5.55. The van der Waals surface area contributed by atoms with Crippen molar-refractivity contribution in [3.63, 3.8) is 0 Å². The molecule has 0 aliphatic carbocycles. The van der Waals surface area contributed by atoms with Crippen molar-refractivity contribution in [3.8, 4) is 0 Å². The van der Waals surface area contributed by atoms with E-state index in [9.17, 15) is 4.79 Å². The van der Waals surface area contributed by atoms with Gasteiger partial charge in [-0.15, -0.1) is 0 Å². The highest BCUT2D eigenvalue weighted by Gasteiger charge is 2.10. The summed E-state index contributed by atoms with van der Waals surface area (Å²) < 4.78 is 1.03. The SMILES string of the molecule is CC(C)NCc1cc(Br)ccc1N(C)CC(N)=O. The number of nitrogens with zero attached hydrogens (tertiary/aromatic N) is 1. The Morgan fingerprint density at radius 1 is 1.50 bits per heavy atom. The smallest absolute Gasteiger partial charge is 0.236 e. The summed E-state index contributed by atoms with van der Waals surface area (Å²) in [5.41, 5.74) is 7.39. The third-order valence-electron chi connectivity index (χ3n) is 2.55. The normalized spacial score (nSPS) is 10.7. The fourth-order valence-electron chi connectivity index (χ4n) is 1.70. The largest absolute Gasteiger partial charge is 0.368 e. The summed E-state index contributed by atoms with van der Waals surface area (Å²) >= 11 is 3.47. The van der Waals surface area contributed by atoms with E-state index in [1.807, 2.05) is 24.1 Å². The van der Waals surface area contributed by atoms with Gasteiger partial charge >= 0.3 is 0 Å². The summed E-state index contributed by atoms with van der Waals surface area (Å²) in [6, 6.07) is 6.43. The molecular weight excluding hydrogens is 294 g/mol. The molecule has 100 valence electrons. The van der Waals surface area contributed by atoms with Crippen LogP contribution in [0.15, 0.2) is 22.7 Å². The fourth-order valence-corrected chi connectivity index (χ4v) is 2.11. The van der Waals surface area contributed by atoms with Gasteiger partial charge in [-0.1, -0.05) is 29.8 Å². The Balaban J connectivity index is 2.91. The summed E-state index contributed by atoms with van der Waals surface area (Å²) in [7, 11) is 1.87. The predicted octanol–water partition coefficient (Wildman–Crippen LogP) is 1.87. The van der Waals surface area contributed by atoms with Crippen LogP contribution in [0.4, 0.5) is 5.69 Å². The van der Waals surface area contributed by atoms with E-state index in [1.54, 1.807) is 0 Å². The van der Waals surface area contributed by atoms with Gasteiger partial charge in [0.15, 0.2) is 0 Å². The Hall–Kier alpha value is -1.07. The monoisotopic (exact) mass is 313 g/mol. The molecule has 0 fully saturated rings. The first kappa shape index (κ1) is 15.0. The first-order chi connectivity index (χ1) is 8.40. The molecule has 0 aromatic heterocycles. The summed E-state index contributed by atoms with van der Waals surface area (Å²) in [6.07, 6.45) is 0. The van der Waals surface area contributed by atoms with Crippen molar-refractivity contribution >= 4 is 27.5 Å². The number of amides is 1. The summed E-state index contributed by atoms with van der Waals surface area (Å²) in [4.78, 5) is 12.9. The standard InChI is InChI=1S/C13H20BrN3O/c1-9(2)16-7-10-6-11(14)4-5-12(10)17(3)8-13(15)18/h4-6,9,16H,7-8H2,1-3H3,(H2,15,18). The third kappa shape index (κ3) is 4.66. The lowest BCUT2D eigenvalue weighted by molar-refractivity contribution is -0.116. The number of primary amides is 1. The first-order valence-electron chi connectivity index (χ1n) is 5.91. The molecule has 0 heterocycles. The highest BCUT2D eigenvalue weighted by Crippen LogP contribution is 2.23. The van der Waals surface area contributed by atoms with Crippen molar-refractivity contribution in [2.75, 3.05) is 18.5 Å². The number of hydrogen-bond acceptors (Lipinski definition) is 3. The molecule has 0 aliphatic rings. The number of hydrogen-bond donors (Lipinski definition) is 2. The number of nitrogens with two attached hydrogens (primary N) is 1. The van der Waals surface area contributed by atoms with Crippen LogP contribution in [-0.4, -0.2) is 25.5 Å². The van der Waals surface area contributed by atoms with Gasteiger partial charge < -0.3 is 16.0 Å². The molecule has 0 atom stereocenters. The van der Waals surface area contributed by atoms with E-state index in [0.29, 0.717) is 6.04 Å². The van der Waals surface area contributed by atoms with Crippen LogP contribution in [0.25, 0.3) is 0 Å². The molecule has 3 N–H and O–H groups in total. The molecular formula is C13H20BrN3O. The molecule has 4 nitrogen and oxygen atoms in total. The van der Waals surface area contributed by atoms with Crippen molar-refractivity contribution in [2.24, 2.45) is 5.73 Å². The Labute approximate surface area is 117 Å². The molecule has 1 rings (SSSR count). The molecule has 0 saturated heterocycles. The number of nitrogens with one attached hydrogen (secondary N) is 1. The number of carbonyl (C=O) groups is 1. The van der Waals surface area contributed by atoms with Crippen LogP contribution < -0.4 is 16.0 Å². The Morgan fingerprint density at radius 3 is 2.72 bits per heavy atom. The molecule has 0 unspecified atom stereocenters. The molecule has 1 amide bonds. The number of carbonyl (C=O) groups excluding carboxylic acids is 1. The lowest BCUT2D eigenvalue weighted by Gasteiger charge is -2.22. The van der Waals surface area contributed by atoms with E-state index in [4.69, 9.17) is 5.73 Å². The minimum atomic E-state index is -0.330. The zero-order valence-corrected chi connectivity index (χ0v) is 12.6. The van der Waals surface area contributed by atoms with E-state index >= 15 is 0 Å². The first-order valence-corrected chi connectivity index (χ1v) is 6.70. The van der Waals surface area contributed by atoms with Crippen molar-refractivity contribution in [3.05, 3.63) is 28.2 Å². The molecule has 0 bridgehead atoms. The second-order valence-electron chi connectivity index (χ2n) is 4.63. The van der Waals surface area contributed by atoms with Crippen molar-refractivity contribution in [2.45, 2.75) is 26.4 Å². The average molecular weight is 314 g/mol. The average Bonchev–Trinajstić information content (AvgIpc) is 2.25. The Morgan fingerprint density at radius 2 is 2.17 bits per heavy atom. The van der Waals surface area contributed by atoms with Gasteiger partial charge in [0.05, 0.1) is 6.54 Å². The maximum atomic E-state index is 11.0. The number of rotatable bonds is 6. The van der Waals surface area contributed by atoms with Gasteiger partial charge in [-0.05, 0) is 23.8 Å². The molecule has 1 aromatic carbocycles. The maximum Gasteiger partial charge on any atom is 0.236 e. The van der Waals surface area contributed by atoms with Gasteiger partial charge in [-0.2, -0.15) is 0 Å². The summed E-state index contributed by atoms with van der Waals surface area (Å²) in [6.45, 7) is 5.18. The Bertz CT molecular complexity index is 421. The van der Waals surface area contributed by atoms with Gasteiger partial charge in [0.25, 0.3) is 0 Å². The zero-order valence-electron chi connectivity index (χ0n) is 11.0. The fraction of sp³-hybridized carbons (Fsp3) is 0.462. The van der Waals surface area contributed by atoms with Gasteiger partial charge in [0, 0.05) is 29.8 Å². The summed E-state index contributed by atoms with van der Waals surface area (Å²) in [5.74, 6) is -0.330. The van der Waals surface area contributed by atoms with Gasteiger partial charge in [0.2, 0.25) is 5.91 Å². The van der Waals surface area contributed by atoms with Crippen LogP contribution >= 0.6 is 15.9 Å². The van der Waals surface area contributed by atoms with Crippen LogP contribution in [-0.2, 0) is 11.3 Å². The Kier molecular flexibility index (Phi) is 5.62. The molecule has 5 heteroatoms. The van der Waals surface area contributed by atoms with Gasteiger partial charge in [0.1, 0.15) is 0 Å².